The van der Waals surface area contributed by atoms with Gasteiger partial charge in [0, 0.05) is 37.0 Å². The molecule has 0 unspecified atom stereocenters. The molecule has 3 nitrogen and oxygen atoms in total. The van der Waals surface area contributed by atoms with Crippen molar-refractivity contribution in [1.82, 2.24) is 10.3 Å². The number of para-hydroxylation sites is 1. The minimum absolute atomic E-state index is 0.0647. The van der Waals surface area contributed by atoms with Gasteiger partial charge in [0.2, 0.25) is 0 Å². The quantitative estimate of drug-likeness (QED) is 0.211. The maximum Gasteiger partial charge on any atom is 0.252 e. The first-order valence-corrected chi connectivity index (χ1v) is 11.7. The molecular formula is C23H18Br2N2OS. The largest absolute Gasteiger partial charge is 0.354 e. The van der Waals surface area contributed by atoms with Gasteiger partial charge in [-0.2, -0.15) is 0 Å². The molecule has 3 aromatic carbocycles. The topological polar surface area (TPSA) is 44.9 Å². The predicted molar refractivity (Wildman–Crippen MR) is 129 cm³/mol. The number of benzene rings is 3. The summed E-state index contributed by atoms with van der Waals surface area (Å²) in [6.45, 7) is 0.587. The van der Waals surface area contributed by atoms with Crippen LogP contribution in [0.5, 0.6) is 0 Å². The van der Waals surface area contributed by atoms with Crippen molar-refractivity contribution in [3.63, 3.8) is 0 Å². The number of aromatic amines is 1. The smallest absolute Gasteiger partial charge is 0.252 e. The second kappa shape index (κ2) is 9.20. The van der Waals surface area contributed by atoms with E-state index in [1.807, 2.05) is 42.5 Å². The molecule has 0 spiro atoms. The molecule has 1 aromatic heterocycles. The molecule has 0 saturated carbocycles. The minimum Gasteiger partial charge on any atom is -0.354 e. The number of thioether (sulfide) groups is 1. The summed E-state index contributed by atoms with van der Waals surface area (Å²) in [4.78, 5) is 17.2. The predicted octanol–water partition coefficient (Wildman–Crippen LogP) is 6.88. The lowest BCUT2D eigenvalue weighted by Gasteiger charge is -2.08. The number of H-pyrrole nitrogens is 1. The van der Waals surface area contributed by atoms with Crippen LogP contribution in [0.25, 0.3) is 22.2 Å². The number of carbonyl (C=O) groups excluding carboxylic acids is 1. The fourth-order valence-electron chi connectivity index (χ4n) is 3.14. The van der Waals surface area contributed by atoms with E-state index in [-0.39, 0.29) is 5.91 Å². The lowest BCUT2D eigenvalue weighted by Crippen LogP contribution is -2.26. The molecule has 0 radical (unpaired) electrons. The standard InChI is InChI=1S/C23H18Br2N2OS/c24-16-11-9-15(10-12-16)21-22(18-6-2-4-8-20(18)27-21)29-14-13-26-23(28)17-5-1-3-7-19(17)25/h1-12,27H,13-14H2,(H,26,28). The van der Waals surface area contributed by atoms with Crippen LogP contribution in [0.4, 0.5) is 0 Å². The molecule has 146 valence electrons. The Morgan fingerprint density at radius 2 is 1.66 bits per heavy atom. The highest BCUT2D eigenvalue weighted by molar-refractivity contribution is 9.10. The van der Waals surface area contributed by atoms with Crippen LogP contribution in [-0.4, -0.2) is 23.2 Å². The number of rotatable bonds is 6. The molecule has 2 N–H and O–H groups in total. The first-order valence-electron chi connectivity index (χ1n) is 9.15. The number of halogens is 2. The Kier molecular flexibility index (Phi) is 6.43. The summed E-state index contributed by atoms with van der Waals surface area (Å²) < 4.78 is 1.86. The van der Waals surface area contributed by atoms with Crippen molar-refractivity contribution in [2.75, 3.05) is 12.3 Å². The molecule has 4 rings (SSSR count). The summed E-state index contributed by atoms with van der Waals surface area (Å²) in [5.41, 5.74) is 4.02. The van der Waals surface area contributed by atoms with E-state index in [0.717, 1.165) is 31.5 Å². The molecule has 0 aliphatic rings. The number of fused-ring (bicyclic) bond motifs is 1. The highest BCUT2D eigenvalue weighted by Gasteiger charge is 2.14. The van der Waals surface area contributed by atoms with Crippen LogP contribution in [0, 0.1) is 0 Å². The van der Waals surface area contributed by atoms with Gasteiger partial charge in [0.15, 0.2) is 0 Å². The van der Waals surface area contributed by atoms with Crippen molar-refractivity contribution >= 4 is 60.4 Å². The van der Waals surface area contributed by atoms with Crippen LogP contribution in [0.3, 0.4) is 0 Å². The van der Waals surface area contributed by atoms with Crippen molar-refractivity contribution in [1.29, 1.82) is 0 Å². The highest BCUT2D eigenvalue weighted by atomic mass is 79.9. The zero-order chi connectivity index (χ0) is 20.2. The molecule has 0 aliphatic heterocycles. The van der Waals surface area contributed by atoms with Gasteiger partial charge in [-0.15, -0.1) is 11.8 Å². The summed E-state index contributed by atoms with van der Waals surface area (Å²) >= 11 is 8.69. The lowest BCUT2D eigenvalue weighted by atomic mass is 10.1. The van der Waals surface area contributed by atoms with E-state index in [1.54, 1.807) is 11.8 Å². The van der Waals surface area contributed by atoms with E-state index >= 15 is 0 Å². The maximum atomic E-state index is 12.4. The van der Waals surface area contributed by atoms with Gasteiger partial charge in [0.05, 0.1) is 11.3 Å². The Hall–Kier alpha value is -2.02. The van der Waals surface area contributed by atoms with Crippen LogP contribution < -0.4 is 5.32 Å². The molecule has 0 saturated heterocycles. The van der Waals surface area contributed by atoms with Gasteiger partial charge in [0.1, 0.15) is 0 Å². The van der Waals surface area contributed by atoms with Gasteiger partial charge in [-0.25, -0.2) is 0 Å². The Bertz CT molecular complexity index is 1160. The van der Waals surface area contributed by atoms with Gasteiger partial charge in [-0.3, -0.25) is 4.79 Å². The van der Waals surface area contributed by atoms with Gasteiger partial charge < -0.3 is 10.3 Å². The average Bonchev–Trinajstić information content (AvgIpc) is 3.10. The first-order chi connectivity index (χ1) is 14.1. The third-order valence-corrected chi connectivity index (χ3v) is 6.88. The Morgan fingerprint density at radius 1 is 0.931 bits per heavy atom. The summed E-state index contributed by atoms with van der Waals surface area (Å²) in [5, 5.41) is 4.21. The van der Waals surface area contributed by atoms with Gasteiger partial charge in [-0.1, -0.05) is 58.4 Å². The zero-order valence-electron chi connectivity index (χ0n) is 15.4. The van der Waals surface area contributed by atoms with E-state index in [2.05, 4.69) is 72.5 Å². The molecule has 0 bridgehead atoms. The van der Waals surface area contributed by atoms with Crippen LogP contribution >= 0.6 is 43.6 Å². The lowest BCUT2D eigenvalue weighted by molar-refractivity contribution is 0.0955. The molecule has 1 heterocycles. The number of amides is 1. The third-order valence-electron chi connectivity index (χ3n) is 4.54. The Labute approximate surface area is 190 Å². The molecule has 1 amide bonds. The van der Waals surface area contributed by atoms with Crippen molar-refractivity contribution in [2.45, 2.75) is 4.90 Å². The molecule has 0 fully saturated rings. The normalized spacial score (nSPS) is 11.0. The fourth-order valence-corrected chi connectivity index (χ4v) is 4.93. The Morgan fingerprint density at radius 3 is 2.45 bits per heavy atom. The van der Waals surface area contributed by atoms with Gasteiger partial charge in [-0.05, 0) is 51.8 Å². The molecule has 4 aromatic rings. The number of hydrogen-bond acceptors (Lipinski definition) is 2. The van der Waals surface area contributed by atoms with Crippen molar-refractivity contribution in [2.24, 2.45) is 0 Å². The monoisotopic (exact) mass is 528 g/mol. The van der Waals surface area contributed by atoms with Crippen LogP contribution in [-0.2, 0) is 0 Å². The van der Waals surface area contributed by atoms with E-state index in [4.69, 9.17) is 0 Å². The van der Waals surface area contributed by atoms with E-state index < -0.39 is 0 Å². The number of nitrogens with one attached hydrogen (secondary N) is 2. The molecule has 0 atom stereocenters. The van der Waals surface area contributed by atoms with Crippen LogP contribution in [0.2, 0.25) is 0 Å². The number of hydrogen-bond donors (Lipinski definition) is 2. The van der Waals surface area contributed by atoms with E-state index in [1.165, 1.54) is 10.3 Å². The second-order valence-electron chi connectivity index (χ2n) is 6.47. The molecular weight excluding hydrogens is 512 g/mol. The summed E-state index contributed by atoms with van der Waals surface area (Å²) in [7, 11) is 0. The highest BCUT2D eigenvalue weighted by Crippen LogP contribution is 2.37. The average molecular weight is 530 g/mol. The van der Waals surface area contributed by atoms with E-state index in [0.29, 0.717) is 12.1 Å². The van der Waals surface area contributed by atoms with Gasteiger partial charge in [0.25, 0.3) is 5.91 Å². The molecule has 6 heteroatoms. The minimum atomic E-state index is -0.0647. The zero-order valence-corrected chi connectivity index (χ0v) is 19.4. The maximum absolute atomic E-state index is 12.4. The number of aromatic nitrogens is 1. The number of carbonyl (C=O) groups is 1. The first kappa shape index (κ1) is 20.3. The third kappa shape index (κ3) is 4.60. The summed E-state index contributed by atoms with van der Waals surface area (Å²) in [6.07, 6.45) is 0. The molecule has 0 aliphatic carbocycles. The molecule has 29 heavy (non-hydrogen) atoms. The fraction of sp³-hybridized carbons (Fsp3) is 0.0870. The second-order valence-corrected chi connectivity index (χ2v) is 9.34. The van der Waals surface area contributed by atoms with Crippen molar-refractivity contribution in [3.8, 4) is 11.3 Å². The van der Waals surface area contributed by atoms with Gasteiger partial charge >= 0.3 is 0 Å². The summed E-state index contributed by atoms with van der Waals surface area (Å²) in [6, 6.07) is 24.1. The SMILES string of the molecule is O=C(NCCSc1c(-c2ccc(Br)cc2)[nH]c2ccccc12)c1ccccc1Br. The Balaban J connectivity index is 1.50. The van der Waals surface area contributed by atoms with Crippen molar-refractivity contribution in [3.05, 3.63) is 87.3 Å². The van der Waals surface area contributed by atoms with Crippen LogP contribution in [0.1, 0.15) is 10.4 Å². The van der Waals surface area contributed by atoms with Crippen LogP contribution in [0.15, 0.2) is 86.6 Å². The van der Waals surface area contributed by atoms with E-state index in [9.17, 15) is 4.79 Å². The van der Waals surface area contributed by atoms with Crippen molar-refractivity contribution < 1.29 is 4.79 Å². The summed E-state index contributed by atoms with van der Waals surface area (Å²) in [5.74, 6) is 0.715.